The Morgan fingerprint density at radius 2 is 1.62 bits per heavy atom. The average Bonchev–Trinajstić information content (AvgIpc) is 2.48. The molecule has 0 heterocycles. The van der Waals surface area contributed by atoms with Crippen molar-refractivity contribution in [1.82, 2.24) is 0 Å². The van der Waals surface area contributed by atoms with E-state index in [1.807, 2.05) is 30.3 Å². The summed E-state index contributed by atoms with van der Waals surface area (Å²) in [4.78, 5) is 10.3. The number of aliphatic hydroxyl groups excluding tert-OH is 1. The maximum Gasteiger partial charge on any atom is 0.329 e. The summed E-state index contributed by atoms with van der Waals surface area (Å²) in [5, 5.41) is 18.3. The fraction of sp³-hybridized carbons (Fsp3) is 0.188. The van der Waals surface area contributed by atoms with E-state index in [0.717, 1.165) is 5.75 Å². The third kappa shape index (κ3) is 4.91. The van der Waals surface area contributed by atoms with Crippen molar-refractivity contribution in [2.75, 3.05) is 13.2 Å². The highest BCUT2D eigenvalue weighted by molar-refractivity contribution is 5.67. The molecule has 2 aromatic carbocycles. The van der Waals surface area contributed by atoms with Gasteiger partial charge < -0.3 is 19.7 Å². The van der Waals surface area contributed by atoms with Crippen LogP contribution in [-0.2, 0) is 9.53 Å². The van der Waals surface area contributed by atoms with E-state index in [2.05, 4.69) is 0 Å². The van der Waals surface area contributed by atoms with Crippen molar-refractivity contribution in [3.63, 3.8) is 0 Å². The lowest BCUT2D eigenvalue weighted by atomic mass is 10.1. The van der Waals surface area contributed by atoms with E-state index in [1.165, 1.54) is 0 Å². The third-order valence-electron chi connectivity index (χ3n) is 2.75. The van der Waals surface area contributed by atoms with Gasteiger partial charge in [-0.3, -0.25) is 0 Å². The molecular formula is C16H16O5. The first kappa shape index (κ1) is 15.0. The van der Waals surface area contributed by atoms with Crippen molar-refractivity contribution in [2.24, 2.45) is 0 Å². The second-order valence-electron chi connectivity index (χ2n) is 4.41. The molecule has 0 saturated heterocycles. The first-order valence-corrected chi connectivity index (χ1v) is 6.45. The van der Waals surface area contributed by atoms with Gasteiger partial charge in [0.15, 0.2) is 0 Å². The molecule has 110 valence electrons. The number of para-hydroxylation sites is 1. The highest BCUT2D eigenvalue weighted by atomic mass is 16.5. The smallest absolute Gasteiger partial charge is 0.329 e. The minimum absolute atomic E-state index is 0.0643. The van der Waals surface area contributed by atoms with Crippen LogP contribution in [0.5, 0.6) is 11.5 Å². The zero-order valence-electron chi connectivity index (χ0n) is 11.3. The molecule has 0 aliphatic rings. The Morgan fingerprint density at radius 1 is 1.00 bits per heavy atom. The predicted molar refractivity (Wildman–Crippen MR) is 76.4 cm³/mol. The van der Waals surface area contributed by atoms with Crippen LogP contribution in [0.25, 0.3) is 0 Å². The first-order chi connectivity index (χ1) is 10.1. The van der Waals surface area contributed by atoms with Crippen LogP contribution < -0.4 is 4.74 Å². The molecule has 2 rings (SSSR count). The number of hydrogen-bond acceptors (Lipinski definition) is 4. The van der Waals surface area contributed by atoms with E-state index in [0.29, 0.717) is 11.3 Å². The highest BCUT2D eigenvalue weighted by Crippen LogP contribution is 2.23. The lowest BCUT2D eigenvalue weighted by molar-refractivity contribution is -0.143. The molecule has 0 spiro atoms. The molecule has 0 aliphatic carbocycles. The zero-order valence-corrected chi connectivity index (χ0v) is 11.3. The number of carboxylic acid groups (broad SMARTS) is 1. The van der Waals surface area contributed by atoms with Gasteiger partial charge in [0.05, 0.1) is 6.61 Å². The van der Waals surface area contributed by atoms with Gasteiger partial charge in [0.2, 0.25) is 0 Å². The van der Waals surface area contributed by atoms with E-state index in [1.54, 1.807) is 24.3 Å². The summed E-state index contributed by atoms with van der Waals surface area (Å²) in [6.07, 6.45) is -0.866. The fourth-order valence-electron chi connectivity index (χ4n) is 1.74. The molecule has 1 unspecified atom stereocenters. The molecule has 2 N–H and O–H groups in total. The van der Waals surface area contributed by atoms with Gasteiger partial charge in [-0.25, -0.2) is 4.79 Å². The molecule has 5 heteroatoms. The molecule has 5 nitrogen and oxygen atoms in total. The molecule has 2 aromatic rings. The van der Waals surface area contributed by atoms with E-state index < -0.39 is 18.7 Å². The van der Waals surface area contributed by atoms with Crippen LogP contribution in [0.3, 0.4) is 0 Å². The normalized spacial score (nSPS) is 11.9. The average molecular weight is 288 g/mol. The molecule has 0 amide bonds. The van der Waals surface area contributed by atoms with Crippen LogP contribution in [0.2, 0.25) is 0 Å². The zero-order chi connectivity index (χ0) is 15.1. The Balaban J connectivity index is 1.90. The minimum atomic E-state index is -1.06. The van der Waals surface area contributed by atoms with Crippen molar-refractivity contribution in [3.8, 4) is 11.5 Å². The van der Waals surface area contributed by atoms with Crippen LogP contribution in [0.1, 0.15) is 11.7 Å². The molecule has 0 fully saturated rings. The SMILES string of the molecule is O=C(O)COCC(O)c1ccc(Oc2ccccc2)cc1. The van der Waals surface area contributed by atoms with Gasteiger partial charge in [0.1, 0.15) is 24.2 Å². The van der Waals surface area contributed by atoms with Gasteiger partial charge in [0.25, 0.3) is 0 Å². The number of carbonyl (C=O) groups is 1. The number of benzene rings is 2. The van der Waals surface area contributed by atoms with Gasteiger partial charge in [0, 0.05) is 0 Å². The van der Waals surface area contributed by atoms with E-state index >= 15 is 0 Å². The van der Waals surface area contributed by atoms with Gasteiger partial charge >= 0.3 is 5.97 Å². The standard InChI is InChI=1S/C16H16O5/c17-15(10-20-11-16(18)19)12-6-8-14(9-7-12)21-13-4-2-1-3-5-13/h1-9,15,17H,10-11H2,(H,18,19). The van der Waals surface area contributed by atoms with Crippen LogP contribution in [-0.4, -0.2) is 29.4 Å². The molecule has 0 bridgehead atoms. The Bertz CT molecular complexity index is 565. The molecule has 0 saturated carbocycles. The first-order valence-electron chi connectivity index (χ1n) is 6.45. The topological polar surface area (TPSA) is 76.0 Å². The molecule has 1 atom stereocenters. The van der Waals surface area contributed by atoms with Gasteiger partial charge in [-0.05, 0) is 29.8 Å². The lowest BCUT2D eigenvalue weighted by Crippen LogP contribution is -2.13. The maximum atomic E-state index is 10.3. The second-order valence-corrected chi connectivity index (χ2v) is 4.41. The Labute approximate surface area is 122 Å². The van der Waals surface area contributed by atoms with Crippen LogP contribution >= 0.6 is 0 Å². The Kier molecular flexibility index (Phi) is 5.31. The van der Waals surface area contributed by atoms with E-state index in [9.17, 15) is 9.90 Å². The third-order valence-corrected chi connectivity index (χ3v) is 2.75. The minimum Gasteiger partial charge on any atom is -0.480 e. The second kappa shape index (κ2) is 7.42. The number of carboxylic acids is 1. The van der Waals surface area contributed by atoms with Gasteiger partial charge in [-0.2, -0.15) is 0 Å². The number of ether oxygens (including phenoxy) is 2. The molecule has 21 heavy (non-hydrogen) atoms. The summed E-state index contributed by atoms with van der Waals surface area (Å²) >= 11 is 0. The van der Waals surface area contributed by atoms with Crippen LogP contribution in [0.15, 0.2) is 54.6 Å². The molecular weight excluding hydrogens is 272 g/mol. The van der Waals surface area contributed by atoms with Crippen molar-refractivity contribution in [1.29, 1.82) is 0 Å². The largest absolute Gasteiger partial charge is 0.480 e. The summed E-state index contributed by atoms with van der Waals surface area (Å²) in [5.41, 5.74) is 0.640. The summed E-state index contributed by atoms with van der Waals surface area (Å²) in [6, 6.07) is 16.3. The van der Waals surface area contributed by atoms with E-state index in [-0.39, 0.29) is 6.61 Å². The number of hydrogen-bond donors (Lipinski definition) is 2. The summed E-state index contributed by atoms with van der Waals surface area (Å²) in [7, 11) is 0. The predicted octanol–water partition coefficient (Wildman–Crippen LogP) is 2.61. The van der Waals surface area contributed by atoms with Crippen molar-refractivity contribution in [3.05, 3.63) is 60.2 Å². The molecule has 0 aromatic heterocycles. The number of aliphatic hydroxyl groups is 1. The van der Waals surface area contributed by atoms with Crippen LogP contribution in [0, 0.1) is 0 Å². The monoisotopic (exact) mass is 288 g/mol. The fourth-order valence-corrected chi connectivity index (χ4v) is 1.74. The molecule has 0 radical (unpaired) electrons. The lowest BCUT2D eigenvalue weighted by Gasteiger charge is -2.12. The summed E-state index contributed by atoms with van der Waals surface area (Å²) in [5.74, 6) is 0.327. The number of rotatable bonds is 7. The van der Waals surface area contributed by atoms with Crippen molar-refractivity contribution in [2.45, 2.75) is 6.10 Å². The highest BCUT2D eigenvalue weighted by Gasteiger charge is 2.09. The van der Waals surface area contributed by atoms with Gasteiger partial charge in [-0.15, -0.1) is 0 Å². The quantitative estimate of drug-likeness (QED) is 0.819. The van der Waals surface area contributed by atoms with Gasteiger partial charge in [-0.1, -0.05) is 30.3 Å². The Morgan fingerprint density at radius 3 is 2.24 bits per heavy atom. The van der Waals surface area contributed by atoms with E-state index in [4.69, 9.17) is 14.6 Å². The Hall–Kier alpha value is -2.37. The maximum absolute atomic E-state index is 10.3. The van der Waals surface area contributed by atoms with Crippen molar-refractivity contribution < 1.29 is 24.5 Å². The number of aliphatic carboxylic acids is 1. The molecule has 0 aliphatic heterocycles. The van der Waals surface area contributed by atoms with Crippen molar-refractivity contribution >= 4 is 5.97 Å². The van der Waals surface area contributed by atoms with Crippen LogP contribution in [0.4, 0.5) is 0 Å². The summed E-state index contributed by atoms with van der Waals surface area (Å²) < 4.78 is 10.5. The summed E-state index contributed by atoms with van der Waals surface area (Å²) in [6.45, 7) is -0.489.